The zero-order valence-corrected chi connectivity index (χ0v) is 14.2. The Bertz CT molecular complexity index is 536. The Morgan fingerprint density at radius 2 is 1.86 bits per heavy atom. The molecule has 1 unspecified atom stereocenters. The van der Waals surface area contributed by atoms with Crippen molar-refractivity contribution >= 4 is 23.2 Å². The first kappa shape index (κ1) is 16.6. The molecule has 2 nitrogen and oxygen atoms in total. The van der Waals surface area contributed by atoms with Crippen LogP contribution in [0.4, 0.5) is 0 Å². The van der Waals surface area contributed by atoms with Crippen molar-refractivity contribution in [2.24, 2.45) is 5.92 Å². The first-order valence-corrected chi connectivity index (χ1v) is 7.92. The number of allylic oxidation sites excluding steroid dienone is 3. The SMILES string of the molecule is CN[C@H](c1ccc(Cl)cc1)[C@@](C)(NC)C1C=CC(Cl)=CC1. The van der Waals surface area contributed by atoms with Crippen LogP contribution in [0.15, 0.2) is 47.5 Å². The van der Waals surface area contributed by atoms with Crippen LogP contribution in [-0.4, -0.2) is 19.6 Å². The molecule has 0 aromatic heterocycles. The smallest absolute Gasteiger partial charge is 0.0505 e. The van der Waals surface area contributed by atoms with Gasteiger partial charge in [-0.15, -0.1) is 0 Å². The maximum Gasteiger partial charge on any atom is 0.0505 e. The molecule has 0 saturated carbocycles. The summed E-state index contributed by atoms with van der Waals surface area (Å²) in [7, 11) is 4.00. The van der Waals surface area contributed by atoms with E-state index in [0.717, 1.165) is 16.5 Å². The van der Waals surface area contributed by atoms with Gasteiger partial charge < -0.3 is 10.6 Å². The van der Waals surface area contributed by atoms with Crippen LogP contribution in [0.2, 0.25) is 5.02 Å². The third-order valence-electron chi connectivity index (χ3n) is 4.46. The van der Waals surface area contributed by atoms with Crippen molar-refractivity contribution in [1.82, 2.24) is 10.6 Å². The third kappa shape index (κ3) is 3.51. The molecule has 1 aliphatic rings. The number of nitrogens with one attached hydrogen (secondary N) is 2. The van der Waals surface area contributed by atoms with Crippen molar-refractivity contribution in [3.63, 3.8) is 0 Å². The van der Waals surface area contributed by atoms with E-state index in [4.69, 9.17) is 23.2 Å². The fraction of sp³-hybridized carbons (Fsp3) is 0.412. The Labute approximate surface area is 137 Å². The fourth-order valence-electron chi connectivity index (χ4n) is 3.05. The van der Waals surface area contributed by atoms with Crippen molar-refractivity contribution < 1.29 is 0 Å². The summed E-state index contributed by atoms with van der Waals surface area (Å²) in [5.41, 5.74) is 1.08. The molecule has 0 radical (unpaired) electrons. The monoisotopic (exact) mass is 324 g/mol. The fourth-order valence-corrected chi connectivity index (χ4v) is 3.34. The van der Waals surface area contributed by atoms with Crippen molar-refractivity contribution in [3.8, 4) is 0 Å². The Kier molecular flexibility index (Phi) is 5.50. The summed E-state index contributed by atoms with van der Waals surface area (Å²) < 4.78 is 0. The number of hydrogen-bond donors (Lipinski definition) is 2. The summed E-state index contributed by atoms with van der Waals surface area (Å²) in [6.45, 7) is 2.24. The molecule has 0 saturated heterocycles. The number of rotatable bonds is 5. The van der Waals surface area contributed by atoms with E-state index in [1.165, 1.54) is 5.56 Å². The quantitative estimate of drug-likeness (QED) is 0.844. The summed E-state index contributed by atoms with van der Waals surface area (Å²) in [6.07, 6.45) is 7.19. The Morgan fingerprint density at radius 3 is 2.33 bits per heavy atom. The summed E-state index contributed by atoms with van der Waals surface area (Å²) in [6, 6.07) is 8.19. The summed E-state index contributed by atoms with van der Waals surface area (Å²) in [5, 5.41) is 8.53. The number of halogens is 2. The minimum atomic E-state index is -0.132. The standard InChI is InChI=1S/C17H22Cl2N2/c1-17(21-3,13-6-10-15(19)11-7-13)16(20-2)12-4-8-14(18)9-5-12/h4-6,8-11,13,16,20-21H,7H2,1-3H3/t13?,16-,17+/m1/s1. The van der Waals surface area contributed by atoms with Crippen molar-refractivity contribution in [2.75, 3.05) is 14.1 Å². The van der Waals surface area contributed by atoms with Crippen molar-refractivity contribution in [1.29, 1.82) is 0 Å². The van der Waals surface area contributed by atoms with Gasteiger partial charge in [-0.2, -0.15) is 0 Å². The van der Waals surface area contributed by atoms with E-state index >= 15 is 0 Å². The zero-order valence-electron chi connectivity index (χ0n) is 12.7. The van der Waals surface area contributed by atoms with Gasteiger partial charge in [-0.05, 0) is 51.2 Å². The van der Waals surface area contributed by atoms with Gasteiger partial charge in [0.15, 0.2) is 0 Å². The largest absolute Gasteiger partial charge is 0.312 e. The minimum Gasteiger partial charge on any atom is -0.312 e. The molecular formula is C17H22Cl2N2. The lowest BCUT2D eigenvalue weighted by Crippen LogP contribution is -2.55. The van der Waals surface area contributed by atoms with Crippen LogP contribution in [0.3, 0.4) is 0 Å². The summed E-state index contributed by atoms with van der Waals surface area (Å²) in [5.74, 6) is 0.359. The van der Waals surface area contributed by atoms with Crippen LogP contribution in [0.25, 0.3) is 0 Å². The molecule has 0 spiro atoms. The Hall–Kier alpha value is -0.800. The first-order chi connectivity index (χ1) is 10.0. The predicted molar refractivity (Wildman–Crippen MR) is 91.9 cm³/mol. The second kappa shape index (κ2) is 6.97. The van der Waals surface area contributed by atoms with Gasteiger partial charge in [0.1, 0.15) is 0 Å². The van der Waals surface area contributed by atoms with Gasteiger partial charge in [0.05, 0.1) is 6.04 Å². The molecule has 1 aliphatic carbocycles. The third-order valence-corrected chi connectivity index (χ3v) is 4.99. The van der Waals surface area contributed by atoms with Crippen LogP contribution in [0.5, 0.6) is 0 Å². The number of hydrogen-bond acceptors (Lipinski definition) is 2. The van der Waals surface area contributed by atoms with E-state index in [1.807, 2.05) is 32.3 Å². The van der Waals surface area contributed by atoms with E-state index in [0.29, 0.717) is 5.92 Å². The van der Waals surface area contributed by atoms with E-state index in [-0.39, 0.29) is 11.6 Å². The lowest BCUT2D eigenvalue weighted by atomic mass is 9.74. The normalized spacial score (nSPS) is 22.5. The Balaban J connectivity index is 2.32. The molecule has 2 rings (SSSR count). The molecule has 0 heterocycles. The van der Waals surface area contributed by atoms with Gasteiger partial charge in [0, 0.05) is 21.5 Å². The topological polar surface area (TPSA) is 24.1 Å². The van der Waals surface area contributed by atoms with E-state index in [2.05, 4.69) is 41.8 Å². The van der Waals surface area contributed by atoms with Gasteiger partial charge in [0.2, 0.25) is 0 Å². The minimum absolute atomic E-state index is 0.132. The molecule has 0 aliphatic heterocycles. The van der Waals surface area contributed by atoms with Gasteiger partial charge in [-0.1, -0.05) is 47.5 Å². The number of benzene rings is 1. The second-order valence-electron chi connectivity index (χ2n) is 5.60. The molecule has 1 aromatic carbocycles. The predicted octanol–water partition coefficient (Wildman–Crippen LogP) is 4.28. The highest BCUT2D eigenvalue weighted by atomic mass is 35.5. The molecule has 3 atom stereocenters. The highest BCUT2D eigenvalue weighted by molar-refractivity contribution is 6.31. The molecular weight excluding hydrogens is 303 g/mol. The molecule has 0 fully saturated rings. The lowest BCUT2D eigenvalue weighted by Gasteiger charge is -2.43. The molecule has 21 heavy (non-hydrogen) atoms. The molecule has 0 bridgehead atoms. The van der Waals surface area contributed by atoms with Gasteiger partial charge in [-0.25, -0.2) is 0 Å². The Morgan fingerprint density at radius 1 is 1.19 bits per heavy atom. The van der Waals surface area contributed by atoms with Crippen LogP contribution >= 0.6 is 23.2 Å². The number of likely N-dealkylation sites (N-methyl/N-ethyl adjacent to an activating group) is 2. The van der Waals surface area contributed by atoms with Gasteiger partial charge in [0.25, 0.3) is 0 Å². The average molecular weight is 325 g/mol. The maximum absolute atomic E-state index is 6.05. The van der Waals surface area contributed by atoms with E-state index < -0.39 is 0 Å². The van der Waals surface area contributed by atoms with Crippen molar-refractivity contribution in [2.45, 2.75) is 24.9 Å². The molecule has 1 aromatic rings. The highest BCUT2D eigenvalue weighted by Gasteiger charge is 2.39. The van der Waals surface area contributed by atoms with E-state index in [9.17, 15) is 0 Å². The summed E-state index contributed by atoms with van der Waals surface area (Å²) in [4.78, 5) is 0. The van der Waals surface area contributed by atoms with Crippen LogP contribution in [-0.2, 0) is 0 Å². The highest BCUT2D eigenvalue weighted by Crippen LogP contribution is 2.37. The van der Waals surface area contributed by atoms with E-state index in [1.54, 1.807) is 0 Å². The lowest BCUT2D eigenvalue weighted by molar-refractivity contribution is 0.213. The molecule has 0 amide bonds. The molecule has 2 N–H and O–H groups in total. The molecule has 114 valence electrons. The summed E-state index contributed by atoms with van der Waals surface area (Å²) >= 11 is 12.0. The van der Waals surface area contributed by atoms with Crippen LogP contribution < -0.4 is 10.6 Å². The zero-order chi connectivity index (χ0) is 15.5. The van der Waals surface area contributed by atoms with Crippen molar-refractivity contribution in [3.05, 3.63) is 58.1 Å². The first-order valence-electron chi connectivity index (χ1n) is 7.16. The van der Waals surface area contributed by atoms with Crippen LogP contribution in [0.1, 0.15) is 24.9 Å². The van der Waals surface area contributed by atoms with Gasteiger partial charge >= 0.3 is 0 Å². The maximum atomic E-state index is 6.05. The van der Waals surface area contributed by atoms with Gasteiger partial charge in [-0.3, -0.25) is 0 Å². The molecule has 4 heteroatoms. The second-order valence-corrected chi connectivity index (χ2v) is 6.47. The van der Waals surface area contributed by atoms with Crippen LogP contribution in [0, 0.1) is 5.92 Å². The average Bonchev–Trinajstić information content (AvgIpc) is 2.50.